The molecular weight excluding hydrogens is 344 g/mol. The van der Waals surface area contributed by atoms with Crippen molar-refractivity contribution in [2.45, 2.75) is 44.2 Å². The van der Waals surface area contributed by atoms with Gasteiger partial charge in [0, 0.05) is 30.8 Å². The van der Waals surface area contributed by atoms with Gasteiger partial charge < -0.3 is 20.5 Å². The first-order chi connectivity index (χ1) is 13.2. The van der Waals surface area contributed by atoms with E-state index in [4.69, 9.17) is 4.74 Å². The van der Waals surface area contributed by atoms with Crippen LogP contribution in [0.2, 0.25) is 0 Å². The number of anilines is 2. The average Bonchev–Trinajstić information content (AvgIpc) is 2.70. The van der Waals surface area contributed by atoms with Gasteiger partial charge in [-0.2, -0.15) is 10.2 Å². The Morgan fingerprint density at radius 1 is 1.26 bits per heavy atom. The number of nitrogens with one attached hydrogen (secondary N) is 2. The van der Waals surface area contributed by atoms with E-state index < -0.39 is 0 Å². The van der Waals surface area contributed by atoms with Gasteiger partial charge in [-0.1, -0.05) is 6.07 Å². The topological polar surface area (TPSA) is 116 Å². The van der Waals surface area contributed by atoms with Crippen LogP contribution >= 0.6 is 0 Å². The molecule has 0 bridgehead atoms. The summed E-state index contributed by atoms with van der Waals surface area (Å²) in [6.45, 7) is 0.612. The Morgan fingerprint density at radius 3 is 2.81 bits per heavy atom. The number of nitriles is 1. The van der Waals surface area contributed by atoms with E-state index in [9.17, 15) is 10.4 Å². The van der Waals surface area contributed by atoms with Crippen molar-refractivity contribution in [3.63, 3.8) is 0 Å². The number of methoxy groups -OCH3 is 1. The molecule has 0 aromatic carbocycles. The second-order valence-electron chi connectivity index (χ2n) is 6.57. The SMILES string of the molecule is COc1cccc(CCNc2ncc(C#N)c(NC3CCC(O)CC3)n2)n1. The zero-order valence-corrected chi connectivity index (χ0v) is 15.4. The lowest BCUT2D eigenvalue weighted by molar-refractivity contribution is 0.126. The van der Waals surface area contributed by atoms with E-state index >= 15 is 0 Å². The molecule has 2 aromatic heterocycles. The van der Waals surface area contributed by atoms with E-state index in [0.717, 1.165) is 31.4 Å². The number of nitrogens with zero attached hydrogens (tertiary/aromatic N) is 4. The second kappa shape index (κ2) is 9.14. The number of pyridine rings is 1. The quantitative estimate of drug-likeness (QED) is 0.680. The van der Waals surface area contributed by atoms with Crippen molar-refractivity contribution < 1.29 is 9.84 Å². The number of ether oxygens (including phenoxy) is 1. The van der Waals surface area contributed by atoms with Gasteiger partial charge >= 0.3 is 0 Å². The van der Waals surface area contributed by atoms with Gasteiger partial charge in [0.05, 0.1) is 19.4 Å². The van der Waals surface area contributed by atoms with Crippen LogP contribution in [-0.4, -0.2) is 45.9 Å². The van der Waals surface area contributed by atoms with Crippen molar-refractivity contribution in [2.75, 3.05) is 24.3 Å². The smallest absolute Gasteiger partial charge is 0.224 e. The van der Waals surface area contributed by atoms with Crippen molar-refractivity contribution >= 4 is 11.8 Å². The molecule has 3 N–H and O–H groups in total. The second-order valence-corrected chi connectivity index (χ2v) is 6.57. The molecule has 142 valence electrons. The minimum Gasteiger partial charge on any atom is -0.481 e. The first kappa shape index (κ1) is 18.9. The van der Waals surface area contributed by atoms with E-state index in [1.54, 1.807) is 7.11 Å². The molecule has 0 atom stereocenters. The fraction of sp³-hybridized carbons (Fsp3) is 0.474. The van der Waals surface area contributed by atoms with Gasteiger partial charge in [0.15, 0.2) is 0 Å². The Balaban J connectivity index is 1.59. The first-order valence-electron chi connectivity index (χ1n) is 9.13. The molecule has 0 saturated heterocycles. The van der Waals surface area contributed by atoms with Crippen molar-refractivity contribution in [2.24, 2.45) is 0 Å². The molecule has 0 spiro atoms. The molecular formula is C19H24N6O2. The Labute approximate surface area is 158 Å². The van der Waals surface area contributed by atoms with Gasteiger partial charge in [-0.05, 0) is 31.7 Å². The molecule has 0 amide bonds. The lowest BCUT2D eigenvalue weighted by Gasteiger charge is -2.26. The third-order valence-electron chi connectivity index (χ3n) is 4.60. The normalized spacial score (nSPS) is 19.1. The molecule has 0 aliphatic heterocycles. The van der Waals surface area contributed by atoms with Gasteiger partial charge in [0.2, 0.25) is 11.8 Å². The van der Waals surface area contributed by atoms with E-state index in [1.807, 2.05) is 18.2 Å². The summed E-state index contributed by atoms with van der Waals surface area (Å²) in [5.74, 6) is 1.59. The summed E-state index contributed by atoms with van der Waals surface area (Å²) in [7, 11) is 1.59. The summed E-state index contributed by atoms with van der Waals surface area (Å²) < 4.78 is 5.13. The Hall–Kier alpha value is -2.92. The van der Waals surface area contributed by atoms with Crippen LogP contribution in [0.5, 0.6) is 5.88 Å². The molecule has 2 heterocycles. The molecule has 0 unspecified atom stereocenters. The molecule has 8 heteroatoms. The highest BCUT2D eigenvalue weighted by molar-refractivity contribution is 5.54. The fourth-order valence-corrected chi connectivity index (χ4v) is 3.09. The molecule has 3 rings (SSSR count). The van der Waals surface area contributed by atoms with E-state index in [2.05, 4.69) is 31.7 Å². The third-order valence-corrected chi connectivity index (χ3v) is 4.60. The monoisotopic (exact) mass is 368 g/mol. The highest BCUT2D eigenvalue weighted by atomic mass is 16.5. The zero-order valence-electron chi connectivity index (χ0n) is 15.4. The van der Waals surface area contributed by atoms with E-state index in [0.29, 0.717) is 36.2 Å². The van der Waals surface area contributed by atoms with Crippen LogP contribution in [0.1, 0.15) is 36.9 Å². The number of rotatable bonds is 7. The summed E-state index contributed by atoms with van der Waals surface area (Å²) in [5, 5.41) is 25.4. The van der Waals surface area contributed by atoms with Crippen LogP contribution in [-0.2, 0) is 6.42 Å². The Bertz CT molecular complexity index is 799. The Kier molecular flexibility index (Phi) is 6.39. The maximum atomic E-state index is 9.63. The molecule has 1 aliphatic carbocycles. The van der Waals surface area contributed by atoms with Gasteiger partial charge in [-0.15, -0.1) is 0 Å². The minimum atomic E-state index is -0.216. The van der Waals surface area contributed by atoms with E-state index in [1.165, 1.54) is 6.20 Å². The first-order valence-corrected chi connectivity index (χ1v) is 9.13. The molecule has 0 radical (unpaired) electrons. The average molecular weight is 368 g/mol. The highest BCUT2D eigenvalue weighted by Gasteiger charge is 2.20. The number of aliphatic hydroxyl groups is 1. The summed E-state index contributed by atoms with van der Waals surface area (Å²) in [6.07, 6.45) is 5.27. The van der Waals surface area contributed by atoms with Crippen LogP contribution in [0.4, 0.5) is 11.8 Å². The van der Waals surface area contributed by atoms with Crippen molar-refractivity contribution in [3.8, 4) is 11.9 Å². The molecule has 2 aromatic rings. The predicted molar refractivity (Wildman–Crippen MR) is 102 cm³/mol. The highest BCUT2D eigenvalue weighted by Crippen LogP contribution is 2.23. The number of aromatic nitrogens is 3. The lowest BCUT2D eigenvalue weighted by atomic mass is 9.93. The maximum absolute atomic E-state index is 9.63. The third kappa shape index (κ3) is 5.28. The van der Waals surface area contributed by atoms with E-state index in [-0.39, 0.29) is 12.1 Å². The van der Waals surface area contributed by atoms with Gasteiger partial charge in [-0.3, -0.25) is 0 Å². The molecule has 27 heavy (non-hydrogen) atoms. The van der Waals surface area contributed by atoms with Crippen molar-refractivity contribution in [1.29, 1.82) is 5.26 Å². The van der Waals surface area contributed by atoms with Gasteiger partial charge in [-0.25, -0.2) is 9.97 Å². The van der Waals surface area contributed by atoms with Crippen LogP contribution in [0.15, 0.2) is 24.4 Å². The summed E-state index contributed by atoms with van der Waals surface area (Å²) in [6, 6.07) is 7.99. The predicted octanol–water partition coefficient (Wildman–Crippen LogP) is 2.12. The van der Waals surface area contributed by atoms with Gasteiger partial charge in [0.1, 0.15) is 17.5 Å². The summed E-state index contributed by atoms with van der Waals surface area (Å²) >= 11 is 0. The Morgan fingerprint density at radius 2 is 2.07 bits per heavy atom. The van der Waals surface area contributed by atoms with Crippen molar-refractivity contribution in [3.05, 3.63) is 35.7 Å². The van der Waals surface area contributed by atoms with Crippen LogP contribution in [0, 0.1) is 11.3 Å². The van der Waals surface area contributed by atoms with Gasteiger partial charge in [0.25, 0.3) is 0 Å². The molecule has 1 fully saturated rings. The number of hydrogen-bond acceptors (Lipinski definition) is 8. The molecule has 1 aliphatic rings. The molecule has 8 nitrogen and oxygen atoms in total. The summed E-state index contributed by atoms with van der Waals surface area (Å²) in [4.78, 5) is 13.0. The van der Waals surface area contributed by atoms with Crippen molar-refractivity contribution in [1.82, 2.24) is 15.0 Å². The number of hydrogen-bond donors (Lipinski definition) is 3. The minimum absolute atomic E-state index is 0.212. The van der Waals surface area contributed by atoms with Crippen LogP contribution < -0.4 is 15.4 Å². The molecule has 1 saturated carbocycles. The zero-order chi connectivity index (χ0) is 19.1. The largest absolute Gasteiger partial charge is 0.481 e. The van der Waals surface area contributed by atoms with Crippen LogP contribution in [0.25, 0.3) is 0 Å². The lowest BCUT2D eigenvalue weighted by Crippen LogP contribution is -2.29. The number of aliphatic hydroxyl groups excluding tert-OH is 1. The fourth-order valence-electron chi connectivity index (χ4n) is 3.09. The standard InChI is InChI=1S/C19H24N6O2/c1-27-17-4-2-3-14(23-17)9-10-21-19-22-12-13(11-20)18(25-19)24-15-5-7-16(26)8-6-15/h2-4,12,15-16,26H,5-10H2,1H3,(H2,21,22,24,25). The maximum Gasteiger partial charge on any atom is 0.224 e. The van der Waals surface area contributed by atoms with Crippen LogP contribution in [0.3, 0.4) is 0 Å². The summed E-state index contributed by atoms with van der Waals surface area (Å²) in [5.41, 5.74) is 1.33.